The molecule has 1 unspecified atom stereocenters. The average Bonchev–Trinajstić information content (AvgIpc) is 2.79. The van der Waals surface area contributed by atoms with Crippen LogP contribution in [0.5, 0.6) is 0 Å². The van der Waals surface area contributed by atoms with E-state index in [1.807, 2.05) is 7.05 Å². The number of thiophene rings is 2. The fraction of sp³-hybridized carbons (Fsp3) is 0.200. The maximum Gasteiger partial charge on any atom is 0.0702 e. The lowest BCUT2D eigenvalue weighted by Gasteiger charge is -2.12. The molecule has 2 heterocycles. The van der Waals surface area contributed by atoms with E-state index in [0.717, 1.165) is 0 Å². The molecule has 2 aromatic rings. The standard InChI is InChI=1S/C10H10BrNS2/c1-12-10(7-4-5-13-6-7)8-2-3-9(11)14-8/h2-6,10,12H,1H3. The van der Waals surface area contributed by atoms with Gasteiger partial charge in [-0.05, 0) is 57.5 Å². The van der Waals surface area contributed by atoms with Crippen LogP contribution in [-0.4, -0.2) is 7.05 Å². The summed E-state index contributed by atoms with van der Waals surface area (Å²) in [5.41, 5.74) is 1.34. The maximum atomic E-state index is 3.49. The Hall–Kier alpha value is -0.160. The molecule has 0 aliphatic rings. The first-order chi connectivity index (χ1) is 6.81. The Morgan fingerprint density at radius 2 is 2.21 bits per heavy atom. The zero-order chi connectivity index (χ0) is 9.97. The quantitative estimate of drug-likeness (QED) is 0.903. The molecule has 74 valence electrons. The lowest BCUT2D eigenvalue weighted by molar-refractivity contribution is 0.706. The van der Waals surface area contributed by atoms with Crippen LogP contribution >= 0.6 is 38.6 Å². The van der Waals surface area contributed by atoms with Gasteiger partial charge >= 0.3 is 0 Å². The van der Waals surface area contributed by atoms with Gasteiger partial charge in [0, 0.05) is 4.88 Å². The first-order valence-corrected chi connectivity index (χ1v) is 6.81. The van der Waals surface area contributed by atoms with Gasteiger partial charge < -0.3 is 5.32 Å². The van der Waals surface area contributed by atoms with E-state index in [4.69, 9.17) is 0 Å². The van der Waals surface area contributed by atoms with Crippen molar-refractivity contribution in [3.8, 4) is 0 Å². The first-order valence-electron chi connectivity index (χ1n) is 4.26. The van der Waals surface area contributed by atoms with Gasteiger partial charge in [-0.15, -0.1) is 11.3 Å². The molecule has 0 bridgehead atoms. The van der Waals surface area contributed by atoms with Gasteiger partial charge in [0.15, 0.2) is 0 Å². The summed E-state index contributed by atoms with van der Waals surface area (Å²) in [5.74, 6) is 0. The van der Waals surface area contributed by atoms with Crippen LogP contribution < -0.4 is 5.32 Å². The predicted octanol–water partition coefficient (Wildman–Crippen LogP) is 3.88. The number of nitrogens with one attached hydrogen (secondary N) is 1. The van der Waals surface area contributed by atoms with Crippen LogP contribution in [0.15, 0.2) is 32.7 Å². The van der Waals surface area contributed by atoms with Gasteiger partial charge in [0.25, 0.3) is 0 Å². The molecule has 2 rings (SSSR count). The summed E-state index contributed by atoms with van der Waals surface area (Å²) in [6, 6.07) is 6.75. The molecule has 1 atom stereocenters. The number of hydrogen-bond acceptors (Lipinski definition) is 3. The van der Waals surface area contributed by atoms with Crippen LogP contribution in [-0.2, 0) is 0 Å². The molecular formula is C10H10BrNS2. The summed E-state index contributed by atoms with van der Waals surface area (Å²) in [7, 11) is 2.00. The second kappa shape index (κ2) is 4.57. The molecule has 1 N–H and O–H groups in total. The molecule has 0 aromatic carbocycles. The maximum absolute atomic E-state index is 3.49. The molecule has 0 saturated heterocycles. The molecule has 0 fully saturated rings. The fourth-order valence-corrected chi connectivity index (χ4v) is 3.64. The number of hydrogen-bond donors (Lipinski definition) is 1. The summed E-state index contributed by atoms with van der Waals surface area (Å²) in [5, 5.41) is 7.63. The van der Waals surface area contributed by atoms with Crippen LogP contribution in [0.2, 0.25) is 0 Å². The van der Waals surface area contributed by atoms with Crippen molar-refractivity contribution in [2.45, 2.75) is 6.04 Å². The third kappa shape index (κ3) is 2.08. The van der Waals surface area contributed by atoms with E-state index in [-0.39, 0.29) is 0 Å². The molecule has 0 amide bonds. The number of rotatable bonds is 3. The third-order valence-electron chi connectivity index (χ3n) is 2.04. The van der Waals surface area contributed by atoms with Crippen LogP contribution in [0, 0.1) is 0 Å². The highest BCUT2D eigenvalue weighted by Crippen LogP contribution is 2.31. The normalized spacial score (nSPS) is 13.0. The minimum Gasteiger partial charge on any atom is -0.309 e. The SMILES string of the molecule is CNC(c1ccsc1)c1ccc(Br)s1. The molecule has 14 heavy (non-hydrogen) atoms. The largest absolute Gasteiger partial charge is 0.309 e. The van der Waals surface area contributed by atoms with E-state index >= 15 is 0 Å². The summed E-state index contributed by atoms with van der Waals surface area (Å²) in [4.78, 5) is 1.35. The second-order valence-electron chi connectivity index (χ2n) is 2.92. The highest BCUT2D eigenvalue weighted by atomic mass is 79.9. The van der Waals surface area contributed by atoms with Crippen LogP contribution in [0.1, 0.15) is 16.5 Å². The Labute approximate surface area is 99.9 Å². The van der Waals surface area contributed by atoms with Crippen molar-refractivity contribution in [3.63, 3.8) is 0 Å². The van der Waals surface area contributed by atoms with Gasteiger partial charge in [0.2, 0.25) is 0 Å². The van der Waals surface area contributed by atoms with Gasteiger partial charge in [0.05, 0.1) is 9.83 Å². The van der Waals surface area contributed by atoms with Crippen LogP contribution in [0.4, 0.5) is 0 Å². The first kappa shape index (κ1) is 10.4. The molecule has 0 radical (unpaired) electrons. The monoisotopic (exact) mass is 287 g/mol. The zero-order valence-corrected chi connectivity index (χ0v) is 10.9. The lowest BCUT2D eigenvalue weighted by atomic mass is 10.1. The van der Waals surface area contributed by atoms with Crippen molar-refractivity contribution < 1.29 is 0 Å². The minimum atomic E-state index is 0.331. The van der Waals surface area contributed by atoms with Crippen molar-refractivity contribution >= 4 is 38.6 Å². The Morgan fingerprint density at radius 3 is 2.71 bits per heavy atom. The summed E-state index contributed by atoms with van der Waals surface area (Å²) in [6.45, 7) is 0. The molecule has 2 aromatic heterocycles. The highest BCUT2D eigenvalue weighted by Gasteiger charge is 2.13. The minimum absolute atomic E-state index is 0.331. The molecule has 0 saturated carbocycles. The van der Waals surface area contributed by atoms with E-state index < -0.39 is 0 Å². The van der Waals surface area contributed by atoms with Crippen molar-refractivity contribution in [1.29, 1.82) is 0 Å². The molecule has 0 spiro atoms. The van der Waals surface area contributed by atoms with Crippen molar-refractivity contribution in [3.05, 3.63) is 43.2 Å². The zero-order valence-electron chi connectivity index (χ0n) is 7.66. The van der Waals surface area contributed by atoms with E-state index in [9.17, 15) is 0 Å². The molecule has 1 nitrogen and oxygen atoms in total. The molecule has 0 aliphatic heterocycles. The topological polar surface area (TPSA) is 12.0 Å². The van der Waals surface area contributed by atoms with Crippen LogP contribution in [0.3, 0.4) is 0 Å². The lowest BCUT2D eigenvalue weighted by Crippen LogP contribution is -2.15. The highest BCUT2D eigenvalue weighted by molar-refractivity contribution is 9.11. The van der Waals surface area contributed by atoms with E-state index in [1.165, 1.54) is 14.2 Å². The van der Waals surface area contributed by atoms with Crippen molar-refractivity contribution in [1.82, 2.24) is 5.32 Å². The van der Waals surface area contributed by atoms with E-state index in [2.05, 4.69) is 50.2 Å². The molecular weight excluding hydrogens is 278 g/mol. The Balaban J connectivity index is 2.31. The predicted molar refractivity (Wildman–Crippen MR) is 67.2 cm³/mol. The third-order valence-corrected chi connectivity index (χ3v) is 4.43. The summed E-state index contributed by atoms with van der Waals surface area (Å²) >= 11 is 7.00. The van der Waals surface area contributed by atoms with Gasteiger partial charge in [-0.2, -0.15) is 11.3 Å². The van der Waals surface area contributed by atoms with Crippen molar-refractivity contribution in [2.75, 3.05) is 7.05 Å². The fourth-order valence-electron chi connectivity index (χ4n) is 1.40. The van der Waals surface area contributed by atoms with Crippen molar-refractivity contribution in [2.24, 2.45) is 0 Å². The van der Waals surface area contributed by atoms with E-state index in [0.29, 0.717) is 6.04 Å². The second-order valence-corrected chi connectivity index (χ2v) is 6.19. The Bertz CT molecular complexity index is 394. The van der Waals surface area contributed by atoms with Gasteiger partial charge in [-0.25, -0.2) is 0 Å². The summed E-state index contributed by atoms with van der Waals surface area (Å²) < 4.78 is 1.18. The molecule has 0 aliphatic carbocycles. The van der Waals surface area contributed by atoms with Gasteiger partial charge in [-0.1, -0.05) is 0 Å². The Morgan fingerprint density at radius 1 is 1.36 bits per heavy atom. The smallest absolute Gasteiger partial charge is 0.0702 e. The Kier molecular flexibility index (Phi) is 3.38. The molecule has 4 heteroatoms. The van der Waals surface area contributed by atoms with Crippen LogP contribution in [0.25, 0.3) is 0 Å². The number of halogens is 1. The average molecular weight is 288 g/mol. The van der Waals surface area contributed by atoms with Gasteiger partial charge in [0.1, 0.15) is 0 Å². The van der Waals surface area contributed by atoms with E-state index in [1.54, 1.807) is 22.7 Å². The van der Waals surface area contributed by atoms with Gasteiger partial charge in [-0.3, -0.25) is 0 Å². The summed E-state index contributed by atoms with van der Waals surface area (Å²) in [6.07, 6.45) is 0.